The number of hydrogen-bond acceptors (Lipinski definition) is 2. The fourth-order valence-electron chi connectivity index (χ4n) is 1.42. The lowest BCUT2D eigenvalue weighted by Gasteiger charge is -2.00. The van der Waals surface area contributed by atoms with Gasteiger partial charge in [0.25, 0.3) is 0 Å². The van der Waals surface area contributed by atoms with Gasteiger partial charge in [0.2, 0.25) is 0 Å². The van der Waals surface area contributed by atoms with Crippen molar-refractivity contribution < 1.29 is 1.43 Å². The summed E-state index contributed by atoms with van der Waals surface area (Å²) in [5, 5.41) is 8.20. The van der Waals surface area contributed by atoms with E-state index >= 15 is 0 Å². The van der Waals surface area contributed by atoms with E-state index in [0.29, 0.717) is 0 Å². The number of nitrogens with one attached hydrogen (secondary N) is 1. The van der Waals surface area contributed by atoms with E-state index in [9.17, 15) is 0 Å². The maximum Gasteiger partial charge on any atom is 0.111 e. The molecule has 0 amide bonds. The maximum absolute atomic E-state index is 4.31. The first-order valence-corrected chi connectivity index (χ1v) is 5.71. The zero-order valence-corrected chi connectivity index (χ0v) is 10.5. The molecule has 0 aromatic carbocycles. The van der Waals surface area contributed by atoms with Gasteiger partial charge in [-0.15, -0.1) is 0 Å². The molecular formula is C13H21N3. The van der Waals surface area contributed by atoms with E-state index in [-0.39, 0.29) is 1.43 Å². The summed E-state index contributed by atoms with van der Waals surface area (Å²) < 4.78 is 0. The third-order valence-electron chi connectivity index (χ3n) is 2.42. The number of aromatic nitrogens is 3. The zero-order chi connectivity index (χ0) is 12.1. The van der Waals surface area contributed by atoms with Crippen LogP contribution in [0.25, 0.3) is 16.5 Å². The Morgan fingerprint density at radius 2 is 2.19 bits per heavy atom. The van der Waals surface area contributed by atoms with Gasteiger partial charge in [-0.25, -0.2) is 0 Å². The molecule has 0 aliphatic rings. The molecule has 3 heteroatoms. The summed E-state index contributed by atoms with van der Waals surface area (Å²) in [6, 6.07) is 2.04. The third kappa shape index (κ3) is 2.30. The van der Waals surface area contributed by atoms with Crippen LogP contribution in [0.1, 0.15) is 40.0 Å². The molecule has 2 aromatic rings. The largest absolute Gasteiger partial charge is 0.282 e. The van der Waals surface area contributed by atoms with Gasteiger partial charge in [0.05, 0.1) is 11.9 Å². The topological polar surface area (TPSA) is 41.6 Å². The van der Waals surface area contributed by atoms with Crippen LogP contribution in [0.4, 0.5) is 0 Å². The summed E-state index contributed by atoms with van der Waals surface area (Å²) in [5.74, 6) is 0. The number of aromatic amines is 1. The molecule has 16 heavy (non-hydrogen) atoms. The summed E-state index contributed by atoms with van der Waals surface area (Å²) >= 11 is 0. The average molecular weight is 219 g/mol. The number of H-pyrrole nitrogens is 1. The van der Waals surface area contributed by atoms with Gasteiger partial charge in [-0.05, 0) is 25.0 Å². The van der Waals surface area contributed by atoms with Gasteiger partial charge in [0, 0.05) is 12.5 Å². The Labute approximate surface area is 98.1 Å². The average Bonchev–Trinajstić information content (AvgIpc) is 2.72. The van der Waals surface area contributed by atoms with Crippen LogP contribution in [-0.4, -0.2) is 15.2 Å². The molecule has 0 atom stereocenters. The molecule has 2 heterocycles. The van der Waals surface area contributed by atoms with Gasteiger partial charge < -0.3 is 0 Å². The molecule has 88 valence electrons. The van der Waals surface area contributed by atoms with E-state index in [1.165, 1.54) is 0 Å². The monoisotopic (exact) mass is 219 g/mol. The summed E-state index contributed by atoms with van der Waals surface area (Å²) in [6.45, 7) is 12.1. The Hall–Kier alpha value is -1.64. The van der Waals surface area contributed by atoms with E-state index in [1.54, 1.807) is 6.20 Å². The van der Waals surface area contributed by atoms with Crippen LogP contribution in [0.3, 0.4) is 0 Å². The SMILES string of the molecule is C=C(CC)c1cc2c(C)[nH]nc2cn1.CC.[HH]. The highest BCUT2D eigenvalue weighted by molar-refractivity contribution is 5.83. The second kappa shape index (κ2) is 5.45. The van der Waals surface area contributed by atoms with E-state index < -0.39 is 0 Å². The molecule has 0 spiro atoms. The second-order valence-corrected chi connectivity index (χ2v) is 3.39. The molecular weight excluding hydrogens is 198 g/mol. The number of aryl methyl sites for hydroxylation is 1. The number of fused-ring (bicyclic) bond motifs is 1. The van der Waals surface area contributed by atoms with Crippen molar-refractivity contribution in [2.45, 2.75) is 34.1 Å². The Balaban J connectivity index is 0.000000811. The standard InChI is InChI=1S/C11H13N3.C2H6.H2/c1-4-7(2)10-5-9-8(3)13-14-11(9)6-12-10;1-2;/h5-6H,2,4H2,1,3H3,(H,13,14);1-2H3;1H. The second-order valence-electron chi connectivity index (χ2n) is 3.39. The summed E-state index contributed by atoms with van der Waals surface area (Å²) in [5.41, 5.74) is 4.01. The molecule has 0 unspecified atom stereocenters. The van der Waals surface area contributed by atoms with Gasteiger partial charge in [0.1, 0.15) is 5.52 Å². The number of rotatable bonds is 2. The number of nitrogens with zero attached hydrogens (tertiary/aromatic N) is 2. The molecule has 0 aliphatic heterocycles. The lowest BCUT2D eigenvalue weighted by molar-refractivity contribution is 1.07. The Morgan fingerprint density at radius 1 is 1.50 bits per heavy atom. The molecule has 1 N–H and O–H groups in total. The van der Waals surface area contributed by atoms with Crippen molar-refractivity contribution in [2.75, 3.05) is 0 Å². The first-order valence-electron chi connectivity index (χ1n) is 5.71. The van der Waals surface area contributed by atoms with E-state index in [1.807, 2.05) is 26.8 Å². The quantitative estimate of drug-likeness (QED) is 0.830. The number of hydrogen-bond donors (Lipinski definition) is 1. The van der Waals surface area contributed by atoms with Crippen LogP contribution < -0.4 is 0 Å². The number of allylic oxidation sites excluding steroid dienone is 1. The van der Waals surface area contributed by atoms with Crippen molar-refractivity contribution in [3.8, 4) is 0 Å². The van der Waals surface area contributed by atoms with Crippen molar-refractivity contribution >= 4 is 16.5 Å². The first-order chi connectivity index (χ1) is 7.72. The predicted octanol–water partition coefficient (Wildman–Crippen LogP) is 3.96. The van der Waals surface area contributed by atoms with Crippen LogP contribution in [0.15, 0.2) is 18.8 Å². The highest BCUT2D eigenvalue weighted by Crippen LogP contribution is 2.20. The van der Waals surface area contributed by atoms with E-state index in [4.69, 9.17) is 0 Å². The highest BCUT2D eigenvalue weighted by atomic mass is 15.1. The van der Waals surface area contributed by atoms with Gasteiger partial charge >= 0.3 is 0 Å². The van der Waals surface area contributed by atoms with Crippen LogP contribution in [0, 0.1) is 6.92 Å². The van der Waals surface area contributed by atoms with Crippen LogP contribution >= 0.6 is 0 Å². The van der Waals surface area contributed by atoms with Gasteiger partial charge in [-0.1, -0.05) is 27.4 Å². The fourth-order valence-corrected chi connectivity index (χ4v) is 1.42. The maximum atomic E-state index is 4.31. The zero-order valence-electron chi connectivity index (χ0n) is 10.5. The highest BCUT2D eigenvalue weighted by Gasteiger charge is 2.04. The molecule has 2 rings (SSSR count). The molecule has 2 aromatic heterocycles. The van der Waals surface area contributed by atoms with Crippen LogP contribution in [0.2, 0.25) is 0 Å². The number of pyridine rings is 1. The summed E-state index contributed by atoms with van der Waals surface area (Å²) in [4.78, 5) is 4.31. The van der Waals surface area contributed by atoms with Crippen LogP contribution in [0.5, 0.6) is 0 Å². The lowest BCUT2D eigenvalue weighted by atomic mass is 10.1. The van der Waals surface area contributed by atoms with Crippen molar-refractivity contribution in [1.82, 2.24) is 15.2 Å². The predicted molar refractivity (Wildman–Crippen MR) is 71.4 cm³/mol. The minimum Gasteiger partial charge on any atom is -0.282 e. The van der Waals surface area contributed by atoms with Gasteiger partial charge in [-0.2, -0.15) is 5.10 Å². The first kappa shape index (κ1) is 12.4. The summed E-state index contributed by atoms with van der Waals surface area (Å²) in [6.07, 6.45) is 2.71. The Morgan fingerprint density at radius 3 is 2.81 bits per heavy atom. The van der Waals surface area contributed by atoms with Crippen molar-refractivity contribution in [3.63, 3.8) is 0 Å². The lowest BCUT2D eigenvalue weighted by Crippen LogP contribution is -1.86. The molecule has 3 nitrogen and oxygen atoms in total. The Kier molecular flexibility index (Phi) is 4.23. The molecule has 0 bridgehead atoms. The molecule has 0 saturated heterocycles. The van der Waals surface area contributed by atoms with Crippen LogP contribution in [-0.2, 0) is 0 Å². The van der Waals surface area contributed by atoms with Gasteiger partial charge in [-0.3, -0.25) is 10.1 Å². The van der Waals surface area contributed by atoms with E-state index in [0.717, 1.165) is 34.3 Å². The molecule has 0 fully saturated rings. The normalized spacial score (nSPS) is 9.75. The van der Waals surface area contributed by atoms with Crippen molar-refractivity contribution in [2.24, 2.45) is 0 Å². The summed E-state index contributed by atoms with van der Waals surface area (Å²) in [7, 11) is 0. The van der Waals surface area contributed by atoms with Gasteiger partial charge in [0.15, 0.2) is 0 Å². The third-order valence-corrected chi connectivity index (χ3v) is 2.42. The fraction of sp³-hybridized carbons (Fsp3) is 0.385. The Bertz CT molecular complexity index is 488. The molecule has 0 aliphatic carbocycles. The minimum atomic E-state index is 0. The minimum absolute atomic E-state index is 0. The van der Waals surface area contributed by atoms with Crippen molar-refractivity contribution in [3.05, 3.63) is 30.2 Å². The van der Waals surface area contributed by atoms with E-state index in [2.05, 4.69) is 28.7 Å². The smallest absolute Gasteiger partial charge is 0.111 e. The van der Waals surface area contributed by atoms with Crippen molar-refractivity contribution in [1.29, 1.82) is 0 Å². The molecule has 0 radical (unpaired) electrons. The molecule has 0 saturated carbocycles.